The largest absolute Gasteiger partial charge is 0.339 e. The van der Waals surface area contributed by atoms with E-state index < -0.39 is 0 Å². The predicted molar refractivity (Wildman–Crippen MR) is 73.1 cm³/mol. The van der Waals surface area contributed by atoms with Crippen LogP contribution in [-0.4, -0.2) is 24.4 Å². The molecule has 1 aromatic carbocycles. The maximum Gasteiger partial charge on any atom is 0.222 e. The Hall–Kier alpha value is -1.13. The Kier molecular flexibility index (Phi) is 7.55. The van der Waals surface area contributed by atoms with E-state index in [1.54, 1.807) is 24.1 Å². The van der Waals surface area contributed by atoms with Crippen LogP contribution in [0.25, 0.3) is 0 Å². The third-order valence-electron chi connectivity index (χ3n) is 2.92. The van der Waals surface area contributed by atoms with E-state index in [9.17, 15) is 9.18 Å². The first-order valence-corrected chi connectivity index (χ1v) is 5.77. The van der Waals surface area contributed by atoms with Gasteiger partial charge >= 0.3 is 0 Å². The summed E-state index contributed by atoms with van der Waals surface area (Å²) in [5, 5.41) is 0. The van der Waals surface area contributed by atoms with E-state index in [0.717, 1.165) is 5.56 Å². The minimum atomic E-state index is -0.266. The van der Waals surface area contributed by atoms with Crippen LogP contribution in [0.4, 0.5) is 4.39 Å². The summed E-state index contributed by atoms with van der Waals surface area (Å²) in [6.45, 7) is 2.44. The molecule has 5 heteroatoms. The van der Waals surface area contributed by atoms with Crippen molar-refractivity contribution >= 4 is 18.3 Å². The van der Waals surface area contributed by atoms with Gasteiger partial charge in [-0.05, 0) is 37.6 Å². The summed E-state index contributed by atoms with van der Waals surface area (Å²) < 4.78 is 12.8. The lowest BCUT2D eigenvalue weighted by Gasteiger charge is -2.25. The highest BCUT2D eigenvalue weighted by Gasteiger charge is 2.16. The van der Waals surface area contributed by atoms with E-state index in [2.05, 4.69) is 0 Å². The van der Waals surface area contributed by atoms with E-state index in [1.165, 1.54) is 12.1 Å². The molecule has 1 aromatic rings. The van der Waals surface area contributed by atoms with Crippen molar-refractivity contribution in [2.45, 2.75) is 25.8 Å². The normalized spacial score (nSPS) is 11.6. The van der Waals surface area contributed by atoms with Crippen LogP contribution in [0.3, 0.4) is 0 Å². The van der Waals surface area contributed by atoms with Crippen LogP contribution in [-0.2, 0) is 4.79 Å². The van der Waals surface area contributed by atoms with Gasteiger partial charge in [-0.2, -0.15) is 0 Å². The summed E-state index contributed by atoms with van der Waals surface area (Å²) in [7, 11) is 1.76. The molecule has 0 fully saturated rings. The Morgan fingerprint density at radius 2 is 1.94 bits per heavy atom. The Morgan fingerprint density at radius 1 is 1.39 bits per heavy atom. The molecule has 0 saturated heterocycles. The molecule has 102 valence electrons. The number of carbonyl (C=O) groups excluding carboxylic acids is 1. The second-order valence-corrected chi connectivity index (χ2v) is 4.12. The van der Waals surface area contributed by atoms with Gasteiger partial charge in [-0.3, -0.25) is 4.79 Å². The fraction of sp³-hybridized carbons (Fsp3) is 0.462. The third-order valence-corrected chi connectivity index (χ3v) is 2.92. The van der Waals surface area contributed by atoms with Crippen molar-refractivity contribution in [3.8, 4) is 0 Å². The number of nitrogens with zero attached hydrogens (tertiary/aromatic N) is 1. The van der Waals surface area contributed by atoms with Gasteiger partial charge in [0.05, 0.1) is 6.04 Å². The summed E-state index contributed by atoms with van der Waals surface area (Å²) in [6, 6.07) is 6.16. The number of halogens is 2. The van der Waals surface area contributed by atoms with E-state index >= 15 is 0 Å². The van der Waals surface area contributed by atoms with Gasteiger partial charge in [0.1, 0.15) is 5.82 Å². The van der Waals surface area contributed by atoms with Gasteiger partial charge in [0.25, 0.3) is 0 Å². The minimum Gasteiger partial charge on any atom is -0.339 e. The highest BCUT2D eigenvalue weighted by atomic mass is 35.5. The number of nitrogens with two attached hydrogens (primary N) is 1. The van der Waals surface area contributed by atoms with Crippen LogP contribution in [0.15, 0.2) is 24.3 Å². The van der Waals surface area contributed by atoms with E-state index in [4.69, 9.17) is 5.73 Å². The van der Waals surface area contributed by atoms with Crippen molar-refractivity contribution < 1.29 is 9.18 Å². The molecule has 0 aliphatic heterocycles. The summed E-state index contributed by atoms with van der Waals surface area (Å²) in [5.74, 6) is -0.203. The van der Waals surface area contributed by atoms with E-state index in [-0.39, 0.29) is 30.2 Å². The fourth-order valence-electron chi connectivity index (χ4n) is 1.61. The lowest BCUT2D eigenvalue weighted by atomic mass is 10.1. The number of benzene rings is 1. The van der Waals surface area contributed by atoms with Crippen molar-refractivity contribution in [1.29, 1.82) is 0 Å². The van der Waals surface area contributed by atoms with Gasteiger partial charge in [-0.15, -0.1) is 12.4 Å². The molecule has 1 rings (SSSR count). The molecule has 0 bridgehead atoms. The first-order chi connectivity index (χ1) is 8.06. The van der Waals surface area contributed by atoms with Crippen LogP contribution in [0.2, 0.25) is 0 Å². The van der Waals surface area contributed by atoms with Crippen molar-refractivity contribution in [1.82, 2.24) is 4.90 Å². The van der Waals surface area contributed by atoms with Gasteiger partial charge in [0, 0.05) is 13.5 Å². The van der Waals surface area contributed by atoms with Crippen LogP contribution in [0, 0.1) is 5.82 Å². The average Bonchev–Trinajstić information content (AvgIpc) is 2.35. The van der Waals surface area contributed by atoms with Gasteiger partial charge < -0.3 is 10.6 Å². The molecule has 18 heavy (non-hydrogen) atoms. The van der Waals surface area contributed by atoms with Crippen molar-refractivity contribution in [3.05, 3.63) is 35.6 Å². The first-order valence-electron chi connectivity index (χ1n) is 5.77. The molecular formula is C13H20ClFN2O. The molecular weight excluding hydrogens is 255 g/mol. The van der Waals surface area contributed by atoms with Gasteiger partial charge in [0.2, 0.25) is 5.91 Å². The smallest absolute Gasteiger partial charge is 0.222 e. The van der Waals surface area contributed by atoms with Crippen molar-refractivity contribution in [3.63, 3.8) is 0 Å². The zero-order valence-electron chi connectivity index (χ0n) is 10.7. The lowest BCUT2D eigenvalue weighted by Crippen LogP contribution is -2.29. The Bertz CT molecular complexity index is 370. The maximum absolute atomic E-state index is 12.8. The Morgan fingerprint density at radius 3 is 2.44 bits per heavy atom. The summed E-state index contributed by atoms with van der Waals surface area (Å²) in [4.78, 5) is 13.4. The molecule has 0 aromatic heterocycles. The predicted octanol–water partition coefficient (Wildman–Crippen LogP) is 2.51. The standard InChI is InChI=1S/C13H19FN2O.ClH/c1-10(11-5-7-12(14)8-6-11)16(2)13(17)4-3-9-15;/h5-8,10H,3-4,9,15H2,1-2H3;1H. The summed E-state index contributed by atoms with van der Waals surface area (Å²) in [5.41, 5.74) is 6.29. The molecule has 0 aliphatic rings. The SMILES string of the molecule is CC(c1ccc(F)cc1)N(C)C(=O)CCCN.Cl. The molecule has 1 amide bonds. The first kappa shape index (κ1) is 16.9. The number of amides is 1. The fourth-order valence-corrected chi connectivity index (χ4v) is 1.61. The zero-order chi connectivity index (χ0) is 12.8. The van der Waals surface area contributed by atoms with Gasteiger partial charge in [-0.1, -0.05) is 12.1 Å². The van der Waals surface area contributed by atoms with Gasteiger partial charge in [-0.25, -0.2) is 4.39 Å². The molecule has 0 aliphatic carbocycles. The quantitative estimate of drug-likeness (QED) is 0.897. The zero-order valence-corrected chi connectivity index (χ0v) is 11.5. The highest BCUT2D eigenvalue weighted by molar-refractivity contribution is 5.85. The molecule has 0 spiro atoms. The van der Waals surface area contributed by atoms with E-state index in [1.807, 2.05) is 6.92 Å². The van der Waals surface area contributed by atoms with Crippen molar-refractivity contribution in [2.75, 3.05) is 13.6 Å². The average molecular weight is 275 g/mol. The minimum absolute atomic E-state index is 0. The molecule has 0 heterocycles. The van der Waals surface area contributed by atoms with Crippen LogP contribution in [0.1, 0.15) is 31.4 Å². The van der Waals surface area contributed by atoms with Gasteiger partial charge in [0.15, 0.2) is 0 Å². The molecule has 0 radical (unpaired) electrons. The van der Waals surface area contributed by atoms with Crippen LogP contribution >= 0.6 is 12.4 Å². The van der Waals surface area contributed by atoms with Crippen LogP contribution < -0.4 is 5.73 Å². The number of carbonyl (C=O) groups is 1. The third kappa shape index (κ3) is 4.63. The number of hydrogen-bond acceptors (Lipinski definition) is 2. The monoisotopic (exact) mass is 274 g/mol. The Labute approximate surface area is 114 Å². The lowest BCUT2D eigenvalue weighted by molar-refractivity contribution is -0.131. The molecule has 0 saturated carbocycles. The summed E-state index contributed by atoms with van der Waals surface area (Å²) >= 11 is 0. The van der Waals surface area contributed by atoms with E-state index in [0.29, 0.717) is 19.4 Å². The second kappa shape index (κ2) is 8.06. The Balaban J connectivity index is 0.00000289. The van der Waals surface area contributed by atoms with Crippen LogP contribution in [0.5, 0.6) is 0 Å². The molecule has 3 nitrogen and oxygen atoms in total. The maximum atomic E-state index is 12.8. The molecule has 1 atom stereocenters. The summed E-state index contributed by atoms with van der Waals surface area (Å²) in [6.07, 6.45) is 1.15. The number of hydrogen-bond donors (Lipinski definition) is 1. The highest BCUT2D eigenvalue weighted by Crippen LogP contribution is 2.19. The van der Waals surface area contributed by atoms with Crippen molar-refractivity contribution in [2.24, 2.45) is 5.73 Å². The molecule has 2 N–H and O–H groups in total. The number of rotatable bonds is 5. The molecule has 1 unspecified atom stereocenters. The topological polar surface area (TPSA) is 46.3 Å². The second-order valence-electron chi connectivity index (χ2n) is 4.12.